The first-order chi connectivity index (χ1) is 13.7. The van der Waals surface area contributed by atoms with Gasteiger partial charge in [-0.25, -0.2) is 0 Å². The summed E-state index contributed by atoms with van der Waals surface area (Å²) in [6.07, 6.45) is 2.50. The van der Waals surface area contributed by atoms with Gasteiger partial charge in [0.05, 0.1) is 17.1 Å². The highest BCUT2D eigenvalue weighted by Crippen LogP contribution is 2.41. The van der Waals surface area contributed by atoms with Gasteiger partial charge in [0.2, 0.25) is 0 Å². The summed E-state index contributed by atoms with van der Waals surface area (Å²) in [5.74, 6) is -1.18. The third kappa shape index (κ3) is 3.26. The van der Waals surface area contributed by atoms with Crippen molar-refractivity contribution in [1.82, 2.24) is 4.98 Å². The van der Waals surface area contributed by atoms with Crippen LogP contribution < -0.4 is 5.32 Å². The second kappa shape index (κ2) is 6.85. The standard InChI is InChI=1S/C20H20N2O6S/c1-10-12(3-6-18(23)24)11(2)21-16(10)9-14-19-13-7-8-28-29(26,27)17(13)5-4-15(19)22-20(14)25/h4-5,9,21H,3,6-8H2,1-2H3,(H,22,25)(H,23,24)/b14-9-. The molecule has 9 heteroatoms. The van der Waals surface area contributed by atoms with E-state index in [0.717, 1.165) is 16.8 Å². The normalized spacial score (nSPS) is 18.4. The molecule has 2 aliphatic heterocycles. The fourth-order valence-corrected chi connectivity index (χ4v) is 5.16. The summed E-state index contributed by atoms with van der Waals surface area (Å²) in [5, 5.41) is 11.7. The number of benzene rings is 1. The molecule has 0 spiro atoms. The molecule has 0 bridgehead atoms. The molecule has 2 aliphatic rings. The number of nitrogens with one attached hydrogen (secondary N) is 2. The number of aliphatic carboxylic acids is 1. The molecular weight excluding hydrogens is 396 g/mol. The van der Waals surface area contributed by atoms with Gasteiger partial charge in [-0.3, -0.25) is 13.8 Å². The summed E-state index contributed by atoms with van der Waals surface area (Å²) >= 11 is 0. The first-order valence-electron chi connectivity index (χ1n) is 9.17. The van der Waals surface area contributed by atoms with Crippen LogP contribution in [0.2, 0.25) is 0 Å². The van der Waals surface area contributed by atoms with Crippen molar-refractivity contribution < 1.29 is 27.3 Å². The van der Waals surface area contributed by atoms with E-state index in [1.807, 2.05) is 13.8 Å². The van der Waals surface area contributed by atoms with Crippen molar-refractivity contribution in [2.24, 2.45) is 0 Å². The number of aryl methyl sites for hydroxylation is 1. The third-order valence-corrected chi connectivity index (χ3v) is 6.80. The quantitative estimate of drug-likeness (QED) is 0.519. The summed E-state index contributed by atoms with van der Waals surface area (Å²) < 4.78 is 29.4. The maximum atomic E-state index is 12.6. The molecule has 1 amide bonds. The van der Waals surface area contributed by atoms with Crippen molar-refractivity contribution in [3.8, 4) is 0 Å². The summed E-state index contributed by atoms with van der Waals surface area (Å²) in [6, 6.07) is 3.03. The number of hydrogen-bond donors (Lipinski definition) is 3. The zero-order chi connectivity index (χ0) is 20.9. The second-order valence-electron chi connectivity index (χ2n) is 7.16. The number of hydrogen-bond acceptors (Lipinski definition) is 5. The maximum absolute atomic E-state index is 12.6. The number of carboxylic acid groups (broad SMARTS) is 1. The minimum atomic E-state index is -3.83. The summed E-state index contributed by atoms with van der Waals surface area (Å²) in [7, 11) is -3.83. The third-order valence-electron chi connectivity index (χ3n) is 5.40. The van der Waals surface area contributed by atoms with Crippen LogP contribution in [0.3, 0.4) is 0 Å². The largest absolute Gasteiger partial charge is 0.481 e. The molecule has 0 unspecified atom stereocenters. The molecule has 0 radical (unpaired) electrons. The Kier molecular flexibility index (Phi) is 4.59. The first-order valence-corrected chi connectivity index (χ1v) is 10.6. The predicted octanol–water partition coefficient (Wildman–Crippen LogP) is 2.40. The molecule has 0 saturated heterocycles. The Morgan fingerprint density at radius 1 is 1.31 bits per heavy atom. The van der Waals surface area contributed by atoms with E-state index in [9.17, 15) is 18.0 Å². The van der Waals surface area contributed by atoms with Gasteiger partial charge in [-0.15, -0.1) is 0 Å². The van der Waals surface area contributed by atoms with Crippen LogP contribution in [0, 0.1) is 13.8 Å². The molecule has 1 aromatic heterocycles. The highest BCUT2D eigenvalue weighted by atomic mass is 32.2. The lowest BCUT2D eigenvalue weighted by atomic mass is 9.96. The van der Waals surface area contributed by atoms with Crippen molar-refractivity contribution in [1.29, 1.82) is 0 Å². The van der Waals surface area contributed by atoms with Gasteiger partial charge in [-0.2, -0.15) is 8.42 Å². The van der Waals surface area contributed by atoms with E-state index < -0.39 is 16.1 Å². The predicted molar refractivity (Wildman–Crippen MR) is 106 cm³/mol. The molecule has 0 atom stereocenters. The van der Waals surface area contributed by atoms with Crippen molar-refractivity contribution >= 4 is 39.3 Å². The van der Waals surface area contributed by atoms with E-state index in [1.165, 1.54) is 6.07 Å². The van der Waals surface area contributed by atoms with Gasteiger partial charge in [0.25, 0.3) is 16.0 Å². The van der Waals surface area contributed by atoms with Crippen molar-refractivity contribution in [2.75, 3.05) is 11.9 Å². The van der Waals surface area contributed by atoms with Crippen LogP contribution in [0.15, 0.2) is 17.0 Å². The van der Waals surface area contributed by atoms with Crippen LogP contribution in [0.5, 0.6) is 0 Å². The van der Waals surface area contributed by atoms with Gasteiger partial charge >= 0.3 is 5.97 Å². The Bertz CT molecular complexity index is 1190. The number of anilines is 1. The zero-order valence-corrected chi connectivity index (χ0v) is 16.8. The Morgan fingerprint density at radius 2 is 2.07 bits per heavy atom. The van der Waals surface area contributed by atoms with Gasteiger partial charge in [0, 0.05) is 29.1 Å². The number of carboxylic acids is 1. The highest BCUT2D eigenvalue weighted by molar-refractivity contribution is 7.86. The Hall–Kier alpha value is -2.91. The van der Waals surface area contributed by atoms with Crippen LogP contribution >= 0.6 is 0 Å². The molecule has 0 aliphatic carbocycles. The van der Waals surface area contributed by atoms with Crippen LogP contribution in [-0.2, 0) is 36.7 Å². The second-order valence-corrected chi connectivity index (χ2v) is 8.75. The lowest BCUT2D eigenvalue weighted by molar-refractivity contribution is -0.137. The lowest BCUT2D eigenvalue weighted by Crippen LogP contribution is -2.19. The number of aromatic nitrogens is 1. The smallest absolute Gasteiger partial charge is 0.303 e. The topological polar surface area (TPSA) is 126 Å². The molecule has 3 N–H and O–H groups in total. The first kappa shape index (κ1) is 19.4. The number of aromatic amines is 1. The average Bonchev–Trinajstić information content (AvgIpc) is 3.09. The molecule has 29 heavy (non-hydrogen) atoms. The number of carbonyl (C=O) groups excluding carboxylic acids is 1. The molecule has 3 heterocycles. The van der Waals surface area contributed by atoms with Crippen LogP contribution in [-0.4, -0.2) is 37.0 Å². The SMILES string of the molecule is Cc1[nH]c(/C=C2\C(=O)Nc3ccc4c(c32)CCOS4(=O)=O)c(C)c1CCC(=O)O. The number of H-pyrrole nitrogens is 1. The van der Waals surface area contributed by atoms with Gasteiger partial charge in [-0.05, 0) is 61.6 Å². The molecular formula is C20H20N2O6S. The number of amides is 1. The van der Waals surface area contributed by atoms with E-state index in [0.29, 0.717) is 40.9 Å². The number of fused-ring (bicyclic) bond motifs is 3. The highest BCUT2D eigenvalue weighted by Gasteiger charge is 2.34. The molecule has 0 saturated carbocycles. The van der Waals surface area contributed by atoms with Crippen molar-refractivity contribution in [3.63, 3.8) is 0 Å². The lowest BCUT2D eigenvalue weighted by Gasteiger charge is -2.19. The van der Waals surface area contributed by atoms with E-state index in [2.05, 4.69) is 10.3 Å². The molecule has 2 aromatic rings. The summed E-state index contributed by atoms with van der Waals surface area (Å²) in [6.45, 7) is 3.77. The fourth-order valence-electron chi connectivity index (χ4n) is 3.99. The minimum absolute atomic E-state index is 0.0181. The van der Waals surface area contributed by atoms with Crippen LogP contribution in [0.4, 0.5) is 5.69 Å². The molecule has 4 rings (SSSR count). The van der Waals surface area contributed by atoms with E-state index in [4.69, 9.17) is 9.29 Å². The number of rotatable bonds is 4. The van der Waals surface area contributed by atoms with Crippen molar-refractivity contribution in [3.05, 3.63) is 45.8 Å². The van der Waals surface area contributed by atoms with E-state index in [-0.39, 0.29) is 23.8 Å². The van der Waals surface area contributed by atoms with E-state index in [1.54, 1.807) is 12.1 Å². The number of carbonyl (C=O) groups is 2. The molecule has 1 aromatic carbocycles. The maximum Gasteiger partial charge on any atom is 0.303 e. The van der Waals surface area contributed by atoms with Crippen LogP contribution in [0.1, 0.15) is 40.1 Å². The van der Waals surface area contributed by atoms with Crippen molar-refractivity contribution in [2.45, 2.75) is 38.0 Å². The molecule has 8 nitrogen and oxygen atoms in total. The van der Waals surface area contributed by atoms with Gasteiger partial charge in [0.15, 0.2) is 0 Å². The summed E-state index contributed by atoms with van der Waals surface area (Å²) in [4.78, 5) is 26.9. The van der Waals surface area contributed by atoms with Crippen LogP contribution in [0.25, 0.3) is 11.6 Å². The average molecular weight is 416 g/mol. The molecule has 152 valence electrons. The Morgan fingerprint density at radius 3 is 2.79 bits per heavy atom. The fraction of sp³-hybridized carbons (Fsp3) is 0.300. The Balaban J connectivity index is 1.83. The van der Waals surface area contributed by atoms with Gasteiger partial charge in [-0.1, -0.05) is 0 Å². The monoisotopic (exact) mass is 416 g/mol. The molecule has 0 fully saturated rings. The van der Waals surface area contributed by atoms with Gasteiger partial charge in [0.1, 0.15) is 0 Å². The van der Waals surface area contributed by atoms with Gasteiger partial charge < -0.3 is 15.4 Å². The summed E-state index contributed by atoms with van der Waals surface area (Å²) in [5.41, 5.74) is 5.44. The zero-order valence-electron chi connectivity index (χ0n) is 16.0. The minimum Gasteiger partial charge on any atom is -0.481 e. The Labute approximate surface area is 167 Å². The van der Waals surface area contributed by atoms with E-state index >= 15 is 0 Å².